The second-order valence-electron chi connectivity index (χ2n) is 7.70. The molecule has 0 saturated carbocycles. The maximum Gasteiger partial charge on any atom is 0.414 e. The smallest absolute Gasteiger partial charge is 0.414 e. The minimum absolute atomic E-state index is 0.0798. The van der Waals surface area contributed by atoms with Gasteiger partial charge in [0.25, 0.3) is 0 Å². The maximum absolute atomic E-state index is 14.9. The predicted octanol–water partition coefficient (Wildman–Crippen LogP) is 1.80. The van der Waals surface area contributed by atoms with Crippen molar-refractivity contribution < 1.29 is 31.9 Å². The average molecular weight is 479 g/mol. The molecule has 2 saturated heterocycles. The molecule has 0 radical (unpaired) electrons. The summed E-state index contributed by atoms with van der Waals surface area (Å²) in [5.74, 6) is 0.281. The normalized spacial score (nSPS) is 19.8. The van der Waals surface area contributed by atoms with Crippen LogP contribution in [0.1, 0.15) is 0 Å². The molecule has 3 heterocycles. The Morgan fingerprint density at radius 1 is 1.27 bits per heavy atom. The fraction of sp³-hybridized carbons (Fsp3) is 0.381. The highest BCUT2D eigenvalue weighted by atomic mass is 32.2. The number of carbonyl (C=O) groups excluding carboxylic acids is 2. The van der Waals surface area contributed by atoms with Gasteiger partial charge >= 0.3 is 12.2 Å². The van der Waals surface area contributed by atoms with Crippen molar-refractivity contribution in [2.75, 3.05) is 54.6 Å². The Morgan fingerprint density at radius 3 is 2.67 bits per heavy atom. The fourth-order valence-corrected chi connectivity index (χ4v) is 4.89. The zero-order valence-corrected chi connectivity index (χ0v) is 18.7. The highest BCUT2D eigenvalue weighted by Gasteiger charge is 2.33. The molecule has 0 bridgehead atoms. The van der Waals surface area contributed by atoms with Crippen molar-refractivity contribution in [2.45, 2.75) is 6.10 Å². The molecule has 2 aliphatic rings. The number of nitrogens with one attached hydrogen (secondary N) is 1. The molecule has 2 amide bonds. The minimum atomic E-state index is -2.99. The van der Waals surface area contributed by atoms with Gasteiger partial charge in [0.05, 0.1) is 37.4 Å². The highest BCUT2D eigenvalue weighted by molar-refractivity contribution is 7.91. The van der Waals surface area contributed by atoms with Gasteiger partial charge in [-0.05, 0) is 30.3 Å². The van der Waals surface area contributed by atoms with E-state index < -0.39 is 33.9 Å². The lowest BCUT2D eigenvalue weighted by atomic mass is 10.1. The van der Waals surface area contributed by atoms with Gasteiger partial charge in [-0.1, -0.05) is 0 Å². The van der Waals surface area contributed by atoms with Crippen LogP contribution in [0.25, 0.3) is 11.1 Å². The second kappa shape index (κ2) is 9.22. The average Bonchev–Trinajstić information content (AvgIpc) is 3.18. The molecule has 33 heavy (non-hydrogen) atoms. The molecule has 1 aromatic carbocycles. The Labute approximate surface area is 190 Å². The number of hydrogen-bond acceptors (Lipinski definition) is 8. The standard InChI is InChI=1S/C21H23FN4O6S/c1-31-20(27)24-12-16-13-26(21(28)32-16)15-3-4-17(18(22)10-15)14-2-5-19(23-11-14)25-6-8-33(29,30)9-7-25/h2-5,10-11,16H,6-9,12-13H2,1H3,(H,24,27)/t16-/m0/s1. The van der Waals surface area contributed by atoms with Crippen molar-refractivity contribution in [1.29, 1.82) is 0 Å². The van der Waals surface area contributed by atoms with Crippen LogP contribution in [-0.4, -0.2) is 76.5 Å². The maximum atomic E-state index is 14.9. The molecular formula is C21H23FN4O6S. The number of methoxy groups -OCH3 is 1. The first-order chi connectivity index (χ1) is 15.8. The quantitative estimate of drug-likeness (QED) is 0.691. The number of carbonyl (C=O) groups is 2. The molecule has 2 fully saturated rings. The van der Waals surface area contributed by atoms with Gasteiger partial charge in [-0.15, -0.1) is 0 Å². The molecule has 176 valence electrons. The van der Waals surface area contributed by atoms with E-state index in [4.69, 9.17) is 4.74 Å². The van der Waals surface area contributed by atoms with Gasteiger partial charge < -0.3 is 19.7 Å². The van der Waals surface area contributed by atoms with Crippen molar-refractivity contribution in [3.05, 3.63) is 42.3 Å². The molecule has 1 N–H and O–H groups in total. The van der Waals surface area contributed by atoms with E-state index in [0.717, 1.165) is 0 Å². The van der Waals surface area contributed by atoms with E-state index in [1.165, 1.54) is 24.3 Å². The Balaban J connectivity index is 1.43. The number of cyclic esters (lactones) is 1. The third-order valence-corrected chi connectivity index (χ3v) is 7.13. The number of ether oxygens (including phenoxy) is 2. The fourth-order valence-electron chi connectivity index (χ4n) is 3.69. The number of rotatable bonds is 5. The Hall–Kier alpha value is -3.41. The summed E-state index contributed by atoms with van der Waals surface area (Å²) >= 11 is 0. The SMILES string of the molecule is COC(=O)NC[C@H]1CN(c2ccc(-c3ccc(N4CCS(=O)(=O)CC4)nc3)c(F)c2)C(=O)O1. The zero-order chi connectivity index (χ0) is 23.6. The van der Waals surface area contributed by atoms with E-state index in [1.54, 1.807) is 24.3 Å². The van der Waals surface area contributed by atoms with Crippen molar-refractivity contribution in [3.8, 4) is 11.1 Å². The largest absolute Gasteiger partial charge is 0.453 e. The molecule has 10 nitrogen and oxygen atoms in total. The molecule has 0 unspecified atom stereocenters. The number of pyridine rings is 1. The van der Waals surface area contributed by atoms with Crippen molar-refractivity contribution in [3.63, 3.8) is 0 Å². The topological polar surface area (TPSA) is 118 Å². The van der Waals surface area contributed by atoms with Gasteiger partial charge in [0.15, 0.2) is 9.84 Å². The Morgan fingerprint density at radius 2 is 2.03 bits per heavy atom. The predicted molar refractivity (Wildman–Crippen MR) is 119 cm³/mol. The van der Waals surface area contributed by atoms with Crippen LogP contribution in [0.4, 0.5) is 25.5 Å². The molecule has 0 aliphatic carbocycles. The van der Waals surface area contributed by atoms with Crippen molar-refractivity contribution >= 4 is 33.5 Å². The Kier molecular flexibility index (Phi) is 6.36. The summed E-state index contributed by atoms with van der Waals surface area (Å²) in [6.45, 7) is 0.986. The third-order valence-electron chi connectivity index (χ3n) is 5.53. The number of benzene rings is 1. The summed E-state index contributed by atoms with van der Waals surface area (Å²) < 4.78 is 47.8. The van der Waals surface area contributed by atoms with Crippen molar-refractivity contribution in [2.24, 2.45) is 0 Å². The number of nitrogens with zero attached hydrogens (tertiary/aromatic N) is 3. The van der Waals surface area contributed by atoms with Crippen LogP contribution >= 0.6 is 0 Å². The monoisotopic (exact) mass is 478 g/mol. The first-order valence-electron chi connectivity index (χ1n) is 10.3. The van der Waals surface area contributed by atoms with Crippen LogP contribution in [0.3, 0.4) is 0 Å². The second-order valence-corrected chi connectivity index (χ2v) is 10.0. The lowest BCUT2D eigenvalue weighted by Gasteiger charge is -2.27. The summed E-state index contributed by atoms with van der Waals surface area (Å²) in [4.78, 5) is 30.9. The number of aromatic nitrogens is 1. The minimum Gasteiger partial charge on any atom is -0.453 e. The van der Waals surface area contributed by atoms with Crippen LogP contribution < -0.4 is 15.1 Å². The van der Waals surface area contributed by atoms with Crippen LogP contribution in [-0.2, 0) is 19.3 Å². The highest BCUT2D eigenvalue weighted by Crippen LogP contribution is 2.29. The summed E-state index contributed by atoms with van der Waals surface area (Å²) in [7, 11) is -1.76. The van der Waals surface area contributed by atoms with Crippen LogP contribution in [0.2, 0.25) is 0 Å². The molecule has 2 aliphatic heterocycles. The van der Waals surface area contributed by atoms with E-state index in [2.05, 4.69) is 15.0 Å². The number of anilines is 2. The zero-order valence-electron chi connectivity index (χ0n) is 17.9. The Bertz CT molecular complexity index is 1140. The lowest BCUT2D eigenvalue weighted by Crippen LogP contribution is -2.40. The summed E-state index contributed by atoms with van der Waals surface area (Å²) in [5.41, 5.74) is 1.20. The van der Waals surface area contributed by atoms with Crippen LogP contribution in [0.15, 0.2) is 36.5 Å². The summed E-state index contributed by atoms with van der Waals surface area (Å²) in [6, 6.07) is 7.87. The summed E-state index contributed by atoms with van der Waals surface area (Å²) in [6.07, 6.45) is -0.311. The molecule has 0 spiro atoms. The molecule has 2 aromatic rings. The van der Waals surface area contributed by atoms with Gasteiger partial charge in [-0.2, -0.15) is 0 Å². The van der Waals surface area contributed by atoms with Crippen LogP contribution in [0.5, 0.6) is 0 Å². The van der Waals surface area contributed by atoms with Gasteiger partial charge in [0.1, 0.15) is 17.7 Å². The van der Waals surface area contributed by atoms with Gasteiger partial charge in [0.2, 0.25) is 0 Å². The van der Waals surface area contributed by atoms with E-state index in [9.17, 15) is 22.4 Å². The van der Waals surface area contributed by atoms with E-state index in [0.29, 0.717) is 35.7 Å². The molecule has 1 aromatic heterocycles. The van der Waals surface area contributed by atoms with E-state index in [1.807, 2.05) is 4.90 Å². The number of sulfone groups is 1. The van der Waals surface area contributed by atoms with E-state index in [-0.39, 0.29) is 24.6 Å². The number of alkyl carbamates (subject to hydrolysis) is 1. The lowest BCUT2D eigenvalue weighted by molar-refractivity contribution is 0.132. The van der Waals surface area contributed by atoms with E-state index >= 15 is 0 Å². The molecule has 1 atom stereocenters. The number of amides is 2. The van der Waals surface area contributed by atoms with Gasteiger partial charge in [-0.25, -0.2) is 27.4 Å². The molecular weight excluding hydrogens is 455 g/mol. The molecule has 12 heteroatoms. The number of halogens is 1. The third kappa shape index (κ3) is 5.16. The van der Waals surface area contributed by atoms with Gasteiger partial charge in [-0.3, -0.25) is 4.90 Å². The summed E-state index contributed by atoms with van der Waals surface area (Å²) in [5, 5.41) is 2.46. The molecule has 4 rings (SSSR count). The first-order valence-corrected chi connectivity index (χ1v) is 12.1. The number of hydrogen-bond donors (Lipinski definition) is 1. The van der Waals surface area contributed by atoms with Gasteiger partial charge in [0, 0.05) is 30.4 Å². The van der Waals surface area contributed by atoms with Crippen molar-refractivity contribution in [1.82, 2.24) is 10.3 Å². The first kappa shape index (κ1) is 22.8. The van der Waals surface area contributed by atoms with Crippen LogP contribution in [0, 0.1) is 5.82 Å².